The number of Topliss-reactive ketones (excluding diaryl/α,β-unsaturated/α-hetero) is 1. The Bertz CT molecular complexity index is 1070. The van der Waals surface area contributed by atoms with Crippen molar-refractivity contribution in [1.29, 1.82) is 0 Å². The smallest absolute Gasteiger partial charge is 0.234 e. The summed E-state index contributed by atoms with van der Waals surface area (Å²) in [7, 11) is 2.11. The van der Waals surface area contributed by atoms with E-state index in [0.29, 0.717) is 32.8 Å². The van der Waals surface area contributed by atoms with E-state index in [2.05, 4.69) is 42.1 Å². The maximum absolute atomic E-state index is 12.8. The zero-order valence-electron chi connectivity index (χ0n) is 17.7. The molecule has 1 aliphatic rings. The second-order valence-electron chi connectivity index (χ2n) is 7.59. The molecule has 0 aliphatic carbocycles. The lowest BCUT2D eigenvalue weighted by atomic mass is 10.0. The maximum atomic E-state index is 12.8. The van der Waals surface area contributed by atoms with Crippen molar-refractivity contribution in [1.82, 2.24) is 24.8 Å². The first-order valence-corrected chi connectivity index (χ1v) is 11.2. The number of aromatic nitrogens is 4. The molecule has 4 rings (SSSR count). The molecule has 162 valence electrons. The fraction of sp³-hybridized carbons (Fsp3) is 0.381. The molecular formula is C21H24ClN7OS. The summed E-state index contributed by atoms with van der Waals surface area (Å²) in [5, 5.41) is 4.29. The number of rotatable bonds is 6. The van der Waals surface area contributed by atoms with Crippen LogP contribution in [0.4, 0.5) is 17.0 Å². The van der Waals surface area contributed by atoms with Crippen LogP contribution in [0.3, 0.4) is 0 Å². The van der Waals surface area contributed by atoms with Crippen molar-refractivity contribution in [3.05, 3.63) is 51.2 Å². The van der Waals surface area contributed by atoms with E-state index in [4.69, 9.17) is 11.6 Å². The fourth-order valence-electron chi connectivity index (χ4n) is 3.37. The summed E-state index contributed by atoms with van der Waals surface area (Å²) in [4.78, 5) is 35.5. The molecule has 0 saturated carbocycles. The van der Waals surface area contributed by atoms with Gasteiger partial charge in [-0.2, -0.15) is 15.0 Å². The third-order valence-electron chi connectivity index (χ3n) is 5.21. The van der Waals surface area contributed by atoms with Crippen molar-refractivity contribution in [3.63, 3.8) is 0 Å². The first-order valence-electron chi connectivity index (χ1n) is 10.1. The lowest BCUT2D eigenvalue weighted by Gasteiger charge is -2.32. The highest BCUT2D eigenvalue weighted by Gasteiger charge is 2.19. The number of thiazole rings is 1. The summed E-state index contributed by atoms with van der Waals surface area (Å²) < 4.78 is 0. The Morgan fingerprint density at radius 3 is 2.68 bits per heavy atom. The molecular weight excluding hydrogens is 434 g/mol. The van der Waals surface area contributed by atoms with Crippen LogP contribution in [0.15, 0.2) is 24.4 Å². The fourth-order valence-corrected chi connectivity index (χ4v) is 4.40. The summed E-state index contributed by atoms with van der Waals surface area (Å²) in [5.41, 5.74) is 1.85. The van der Waals surface area contributed by atoms with Crippen molar-refractivity contribution in [2.24, 2.45) is 0 Å². The van der Waals surface area contributed by atoms with Gasteiger partial charge in [0.25, 0.3) is 0 Å². The van der Waals surface area contributed by atoms with Crippen LogP contribution in [-0.2, 0) is 6.42 Å². The van der Waals surface area contributed by atoms with Crippen LogP contribution >= 0.6 is 22.9 Å². The van der Waals surface area contributed by atoms with Gasteiger partial charge in [0.15, 0.2) is 10.9 Å². The maximum Gasteiger partial charge on any atom is 0.234 e. The Labute approximate surface area is 190 Å². The van der Waals surface area contributed by atoms with E-state index in [1.807, 2.05) is 26.0 Å². The van der Waals surface area contributed by atoms with Gasteiger partial charge >= 0.3 is 0 Å². The number of carbonyl (C=O) groups excluding carboxylic acids is 1. The summed E-state index contributed by atoms with van der Waals surface area (Å²) >= 11 is 7.55. The molecule has 1 fully saturated rings. The number of ketones is 1. The molecule has 0 radical (unpaired) electrons. The highest BCUT2D eigenvalue weighted by Crippen LogP contribution is 2.26. The Hall–Kier alpha value is -2.62. The quantitative estimate of drug-likeness (QED) is 0.562. The minimum atomic E-state index is -0.0216. The van der Waals surface area contributed by atoms with E-state index >= 15 is 0 Å². The number of likely N-dealkylation sites (N-methyl/N-ethyl adjacent to an activating group) is 1. The molecule has 8 nitrogen and oxygen atoms in total. The zero-order chi connectivity index (χ0) is 22.0. The number of nitrogens with zero attached hydrogens (tertiary/aromatic N) is 6. The third-order valence-corrected chi connectivity index (χ3v) is 6.52. The number of nitrogens with one attached hydrogen (secondary N) is 1. The molecule has 0 amide bonds. The molecule has 0 spiro atoms. The minimum Gasteiger partial charge on any atom is -0.338 e. The number of piperazine rings is 1. The van der Waals surface area contributed by atoms with E-state index in [1.54, 1.807) is 12.3 Å². The van der Waals surface area contributed by atoms with Crippen LogP contribution in [0.5, 0.6) is 0 Å². The monoisotopic (exact) mass is 457 g/mol. The molecule has 0 atom stereocenters. The van der Waals surface area contributed by atoms with Crippen LogP contribution in [0.1, 0.15) is 26.6 Å². The van der Waals surface area contributed by atoms with Crippen LogP contribution in [0.25, 0.3) is 0 Å². The Balaban J connectivity index is 1.47. The number of anilines is 3. The van der Waals surface area contributed by atoms with Crippen molar-refractivity contribution < 1.29 is 4.79 Å². The van der Waals surface area contributed by atoms with Gasteiger partial charge in [-0.15, -0.1) is 0 Å². The second kappa shape index (κ2) is 9.25. The van der Waals surface area contributed by atoms with E-state index in [-0.39, 0.29) is 12.2 Å². The Kier molecular flexibility index (Phi) is 6.45. The van der Waals surface area contributed by atoms with Gasteiger partial charge in [-0.1, -0.05) is 35.1 Å². The summed E-state index contributed by atoms with van der Waals surface area (Å²) in [5.74, 6) is 1.70. The highest BCUT2D eigenvalue weighted by atomic mass is 35.5. The van der Waals surface area contributed by atoms with Gasteiger partial charge in [-0.25, -0.2) is 4.98 Å². The second-order valence-corrected chi connectivity index (χ2v) is 9.02. The standard InChI is InChI=1S/C21H24ClN7OS/c1-13-5-4-6-16(22)15(13)11-17(30)18-12-23-21(31-18)27-19-24-14(2)25-20(26-19)29-9-7-28(3)8-10-29/h4-6,12H,7-11H2,1-3H3,(H,23,24,25,26,27). The average Bonchev–Trinajstić information content (AvgIpc) is 3.19. The molecule has 3 heterocycles. The topological polar surface area (TPSA) is 87.1 Å². The normalized spacial score (nSPS) is 14.6. The van der Waals surface area contributed by atoms with Crippen LogP contribution < -0.4 is 10.2 Å². The van der Waals surface area contributed by atoms with Crippen LogP contribution in [-0.4, -0.2) is 63.8 Å². The number of carbonyl (C=O) groups is 1. The SMILES string of the molecule is Cc1nc(Nc2ncc(C(=O)Cc3c(C)cccc3Cl)s2)nc(N2CCN(C)CC2)n1. The van der Waals surface area contributed by atoms with Crippen LogP contribution in [0, 0.1) is 13.8 Å². The molecule has 1 N–H and O–H groups in total. The van der Waals surface area contributed by atoms with Gasteiger partial charge in [0.1, 0.15) is 5.82 Å². The lowest BCUT2D eigenvalue weighted by molar-refractivity contribution is 0.0996. The van der Waals surface area contributed by atoms with Gasteiger partial charge in [-0.3, -0.25) is 10.1 Å². The first kappa shape index (κ1) is 21.6. The Morgan fingerprint density at radius 2 is 1.94 bits per heavy atom. The van der Waals surface area contributed by atoms with Crippen molar-refractivity contribution in [2.45, 2.75) is 20.3 Å². The molecule has 0 unspecified atom stereocenters. The van der Waals surface area contributed by atoms with Gasteiger partial charge in [0, 0.05) is 37.6 Å². The zero-order valence-corrected chi connectivity index (χ0v) is 19.3. The highest BCUT2D eigenvalue weighted by molar-refractivity contribution is 7.17. The van der Waals surface area contributed by atoms with E-state index in [0.717, 1.165) is 37.3 Å². The van der Waals surface area contributed by atoms with E-state index < -0.39 is 0 Å². The van der Waals surface area contributed by atoms with Gasteiger partial charge in [0.05, 0.1) is 11.1 Å². The molecule has 10 heteroatoms. The predicted octanol–water partition coefficient (Wildman–Crippen LogP) is 3.52. The number of halogens is 1. The summed E-state index contributed by atoms with van der Waals surface area (Å²) in [6.07, 6.45) is 1.82. The predicted molar refractivity (Wildman–Crippen MR) is 124 cm³/mol. The molecule has 1 saturated heterocycles. The number of aryl methyl sites for hydroxylation is 2. The van der Waals surface area contributed by atoms with E-state index in [1.165, 1.54) is 11.3 Å². The van der Waals surface area contributed by atoms with Crippen LogP contribution in [0.2, 0.25) is 5.02 Å². The number of hydrogen-bond acceptors (Lipinski definition) is 9. The molecule has 1 aromatic carbocycles. The average molecular weight is 458 g/mol. The molecule has 31 heavy (non-hydrogen) atoms. The summed E-state index contributed by atoms with van der Waals surface area (Å²) in [6.45, 7) is 7.48. The van der Waals surface area contributed by atoms with Gasteiger partial charge < -0.3 is 9.80 Å². The van der Waals surface area contributed by atoms with Crippen molar-refractivity contribution in [3.8, 4) is 0 Å². The number of benzene rings is 1. The molecule has 2 aromatic heterocycles. The van der Waals surface area contributed by atoms with Crippen molar-refractivity contribution >= 4 is 45.7 Å². The van der Waals surface area contributed by atoms with Crippen molar-refractivity contribution in [2.75, 3.05) is 43.4 Å². The van der Waals surface area contributed by atoms with E-state index in [9.17, 15) is 4.79 Å². The molecule has 3 aromatic rings. The minimum absolute atomic E-state index is 0.0216. The largest absolute Gasteiger partial charge is 0.338 e. The first-order chi connectivity index (χ1) is 14.9. The third kappa shape index (κ3) is 5.17. The number of hydrogen-bond donors (Lipinski definition) is 1. The molecule has 1 aliphatic heterocycles. The Morgan fingerprint density at radius 1 is 1.16 bits per heavy atom. The van der Waals surface area contributed by atoms with Gasteiger partial charge in [-0.05, 0) is 38.1 Å². The lowest BCUT2D eigenvalue weighted by Crippen LogP contribution is -2.45. The molecule has 0 bridgehead atoms. The van der Waals surface area contributed by atoms with Gasteiger partial charge in [0.2, 0.25) is 11.9 Å². The summed E-state index contributed by atoms with van der Waals surface area (Å²) in [6, 6.07) is 5.64.